The van der Waals surface area contributed by atoms with Gasteiger partial charge >= 0.3 is 0 Å². The molecule has 2 heterocycles. The summed E-state index contributed by atoms with van der Waals surface area (Å²) in [5, 5.41) is 6.37. The first-order chi connectivity index (χ1) is 8.51. The Morgan fingerprint density at radius 3 is 2.83 bits per heavy atom. The fourth-order valence-electron chi connectivity index (χ4n) is 1.56. The molecule has 0 aliphatic rings. The van der Waals surface area contributed by atoms with Crippen molar-refractivity contribution in [2.24, 2.45) is 0 Å². The fourth-order valence-corrected chi connectivity index (χ4v) is 2.12. The van der Waals surface area contributed by atoms with Crippen molar-refractivity contribution in [2.75, 3.05) is 12.3 Å². The lowest BCUT2D eigenvalue weighted by Gasteiger charge is -2.19. The summed E-state index contributed by atoms with van der Waals surface area (Å²) in [5.74, 6) is 1.06. The molecule has 98 valence electrons. The van der Waals surface area contributed by atoms with Gasteiger partial charge in [0, 0.05) is 12.0 Å². The molecule has 0 radical (unpaired) electrons. The Hall–Kier alpha value is -1.47. The molecule has 0 saturated carbocycles. The van der Waals surface area contributed by atoms with Gasteiger partial charge in [-0.1, -0.05) is 5.16 Å². The zero-order valence-corrected chi connectivity index (χ0v) is 11.5. The molecule has 0 spiro atoms. The maximum Gasteiger partial charge on any atom is 0.232 e. The van der Waals surface area contributed by atoms with Gasteiger partial charge in [0.05, 0.1) is 12.1 Å². The number of hydrogen-bond donors (Lipinski definition) is 1. The van der Waals surface area contributed by atoms with Crippen molar-refractivity contribution in [3.8, 4) is 0 Å². The van der Waals surface area contributed by atoms with Crippen molar-refractivity contribution in [1.82, 2.24) is 15.1 Å². The Labute approximate surface area is 109 Å². The standard InChI is InChI=1S/C11H16N4O2S/c1-4-16-11(2,3)9-14-8(17-15-9)5-7-6-18-10(12)13-7/h6H,4-5H2,1-3H3,(H2,12,13). The fraction of sp³-hybridized carbons (Fsp3) is 0.545. The Morgan fingerprint density at radius 1 is 1.44 bits per heavy atom. The van der Waals surface area contributed by atoms with Crippen molar-refractivity contribution >= 4 is 16.5 Å². The number of anilines is 1. The number of ether oxygens (including phenoxy) is 1. The van der Waals surface area contributed by atoms with E-state index in [2.05, 4.69) is 15.1 Å². The number of rotatable bonds is 5. The summed E-state index contributed by atoms with van der Waals surface area (Å²) in [6.07, 6.45) is 0.489. The van der Waals surface area contributed by atoms with E-state index in [1.807, 2.05) is 26.2 Å². The van der Waals surface area contributed by atoms with E-state index in [1.165, 1.54) is 11.3 Å². The molecule has 2 rings (SSSR count). The third-order valence-corrected chi connectivity index (χ3v) is 3.14. The molecule has 0 unspecified atom stereocenters. The van der Waals surface area contributed by atoms with Crippen LogP contribution < -0.4 is 5.73 Å². The van der Waals surface area contributed by atoms with E-state index < -0.39 is 5.60 Å². The van der Waals surface area contributed by atoms with Gasteiger partial charge in [0.15, 0.2) is 5.13 Å². The van der Waals surface area contributed by atoms with E-state index in [4.69, 9.17) is 15.0 Å². The lowest BCUT2D eigenvalue weighted by molar-refractivity contribution is -0.0221. The molecular formula is C11H16N4O2S. The molecule has 0 aliphatic heterocycles. The number of nitrogens with zero attached hydrogens (tertiary/aromatic N) is 3. The molecule has 0 aromatic carbocycles. The van der Waals surface area contributed by atoms with Crippen LogP contribution in [0.4, 0.5) is 5.13 Å². The predicted octanol–water partition coefficient (Wildman–Crippen LogP) is 1.97. The van der Waals surface area contributed by atoms with Gasteiger partial charge in [-0.25, -0.2) is 4.98 Å². The van der Waals surface area contributed by atoms with Crippen molar-refractivity contribution in [3.63, 3.8) is 0 Å². The van der Waals surface area contributed by atoms with E-state index in [0.29, 0.717) is 29.9 Å². The highest BCUT2D eigenvalue weighted by molar-refractivity contribution is 7.13. The quantitative estimate of drug-likeness (QED) is 0.892. The molecular weight excluding hydrogens is 252 g/mol. The minimum absolute atomic E-state index is 0.489. The highest BCUT2D eigenvalue weighted by atomic mass is 32.1. The normalized spacial score (nSPS) is 11.9. The maximum absolute atomic E-state index is 5.57. The largest absolute Gasteiger partial charge is 0.375 e. The van der Waals surface area contributed by atoms with Crippen LogP contribution in [0.3, 0.4) is 0 Å². The molecule has 0 atom stereocenters. The summed E-state index contributed by atoms with van der Waals surface area (Å²) in [6.45, 7) is 6.35. The maximum atomic E-state index is 5.57. The second kappa shape index (κ2) is 5.03. The second-order valence-corrected chi connectivity index (χ2v) is 5.20. The minimum Gasteiger partial charge on any atom is -0.375 e. The van der Waals surface area contributed by atoms with Gasteiger partial charge in [0.25, 0.3) is 0 Å². The summed E-state index contributed by atoms with van der Waals surface area (Å²) in [7, 11) is 0. The molecule has 0 aliphatic carbocycles. The van der Waals surface area contributed by atoms with E-state index in [0.717, 1.165) is 5.69 Å². The molecule has 0 saturated heterocycles. The predicted molar refractivity (Wildman–Crippen MR) is 68.3 cm³/mol. The lowest BCUT2D eigenvalue weighted by atomic mass is 10.1. The lowest BCUT2D eigenvalue weighted by Crippen LogP contribution is -2.23. The first-order valence-corrected chi connectivity index (χ1v) is 6.56. The van der Waals surface area contributed by atoms with Gasteiger partial charge in [-0.3, -0.25) is 0 Å². The van der Waals surface area contributed by atoms with Crippen LogP contribution in [-0.2, 0) is 16.8 Å². The van der Waals surface area contributed by atoms with Crippen molar-refractivity contribution in [2.45, 2.75) is 32.8 Å². The Morgan fingerprint density at radius 2 is 2.22 bits per heavy atom. The summed E-state index contributed by atoms with van der Waals surface area (Å²) in [6, 6.07) is 0. The number of nitrogens with two attached hydrogens (primary N) is 1. The SMILES string of the molecule is CCOC(C)(C)c1noc(Cc2csc(N)n2)n1. The van der Waals surface area contributed by atoms with Crippen LogP contribution in [0.2, 0.25) is 0 Å². The Balaban J connectivity index is 2.11. The van der Waals surface area contributed by atoms with Crippen LogP contribution in [0.1, 0.15) is 38.2 Å². The van der Waals surface area contributed by atoms with Gasteiger partial charge < -0.3 is 15.0 Å². The third kappa shape index (κ3) is 2.85. The molecule has 2 aromatic heterocycles. The molecule has 0 bridgehead atoms. The van der Waals surface area contributed by atoms with Crippen LogP contribution in [0.15, 0.2) is 9.90 Å². The van der Waals surface area contributed by atoms with E-state index >= 15 is 0 Å². The zero-order chi connectivity index (χ0) is 13.2. The smallest absolute Gasteiger partial charge is 0.232 e. The summed E-state index contributed by atoms with van der Waals surface area (Å²) in [4.78, 5) is 8.48. The first-order valence-electron chi connectivity index (χ1n) is 5.68. The molecule has 18 heavy (non-hydrogen) atoms. The number of aromatic nitrogens is 3. The van der Waals surface area contributed by atoms with Crippen molar-refractivity contribution < 1.29 is 9.26 Å². The highest BCUT2D eigenvalue weighted by Crippen LogP contribution is 2.22. The van der Waals surface area contributed by atoms with Crippen LogP contribution in [0, 0.1) is 0 Å². The monoisotopic (exact) mass is 268 g/mol. The Kier molecular flexibility index (Phi) is 3.63. The topological polar surface area (TPSA) is 87.1 Å². The van der Waals surface area contributed by atoms with Gasteiger partial charge in [0.2, 0.25) is 11.7 Å². The molecule has 7 heteroatoms. The number of thiazole rings is 1. The zero-order valence-electron chi connectivity index (χ0n) is 10.6. The number of hydrogen-bond acceptors (Lipinski definition) is 7. The molecule has 2 N–H and O–H groups in total. The van der Waals surface area contributed by atoms with Crippen LogP contribution in [-0.4, -0.2) is 21.7 Å². The highest BCUT2D eigenvalue weighted by Gasteiger charge is 2.27. The van der Waals surface area contributed by atoms with E-state index in [9.17, 15) is 0 Å². The summed E-state index contributed by atoms with van der Waals surface area (Å²) >= 11 is 1.40. The third-order valence-electron chi connectivity index (χ3n) is 2.41. The van der Waals surface area contributed by atoms with Gasteiger partial charge in [-0.15, -0.1) is 11.3 Å². The minimum atomic E-state index is -0.544. The molecule has 2 aromatic rings. The Bertz CT molecular complexity index is 521. The summed E-state index contributed by atoms with van der Waals surface area (Å²) < 4.78 is 10.8. The number of nitrogen functional groups attached to an aromatic ring is 1. The van der Waals surface area contributed by atoms with Crippen molar-refractivity contribution in [3.05, 3.63) is 22.8 Å². The van der Waals surface area contributed by atoms with Crippen molar-refractivity contribution in [1.29, 1.82) is 0 Å². The van der Waals surface area contributed by atoms with Crippen LogP contribution >= 0.6 is 11.3 Å². The molecule has 0 amide bonds. The molecule has 6 nitrogen and oxygen atoms in total. The van der Waals surface area contributed by atoms with Crippen LogP contribution in [0.5, 0.6) is 0 Å². The first kappa shape index (κ1) is 13.0. The van der Waals surface area contributed by atoms with Gasteiger partial charge in [0.1, 0.15) is 5.60 Å². The van der Waals surface area contributed by atoms with Gasteiger partial charge in [-0.05, 0) is 20.8 Å². The average molecular weight is 268 g/mol. The van der Waals surface area contributed by atoms with Gasteiger partial charge in [-0.2, -0.15) is 4.98 Å². The summed E-state index contributed by atoms with van der Waals surface area (Å²) in [5.41, 5.74) is 5.86. The second-order valence-electron chi connectivity index (χ2n) is 4.31. The average Bonchev–Trinajstić information content (AvgIpc) is 2.89. The van der Waals surface area contributed by atoms with Crippen LogP contribution in [0.25, 0.3) is 0 Å². The molecule has 0 fully saturated rings. The van der Waals surface area contributed by atoms with E-state index in [1.54, 1.807) is 0 Å². The van der Waals surface area contributed by atoms with E-state index in [-0.39, 0.29) is 0 Å².